The molecule has 2 aromatic carbocycles. The number of nitrogens with zero attached hydrogens (tertiary/aromatic N) is 2. The van der Waals surface area contributed by atoms with Gasteiger partial charge in [-0.1, -0.05) is 41.3 Å². The van der Waals surface area contributed by atoms with Crippen LogP contribution < -0.4 is 5.32 Å². The molecule has 0 spiro atoms. The summed E-state index contributed by atoms with van der Waals surface area (Å²) in [6.07, 6.45) is -4.53. The number of thioether (sulfide) groups is 1. The van der Waals surface area contributed by atoms with Gasteiger partial charge in [0.1, 0.15) is 5.82 Å². The number of nitrogens with one attached hydrogen (secondary N) is 1. The molecule has 10 heteroatoms. The zero-order valence-corrected chi connectivity index (χ0v) is 15.1. The van der Waals surface area contributed by atoms with Crippen LogP contribution in [0.3, 0.4) is 0 Å². The average molecular weight is 413 g/mol. The quantitative estimate of drug-likeness (QED) is 0.353. The summed E-state index contributed by atoms with van der Waals surface area (Å²) >= 11 is 2.39. The fraction of sp³-hybridized carbons (Fsp3) is 0.118. The Bertz CT molecular complexity index is 959. The van der Waals surface area contributed by atoms with Crippen LogP contribution >= 0.6 is 23.1 Å². The highest BCUT2D eigenvalue weighted by atomic mass is 32.2. The van der Waals surface area contributed by atoms with Gasteiger partial charge in [0.05, 0.1) is 5.56 Å². The van der Waals surface area contributed by atoms with Gasteiger partial charge < -0.3 is 0 Å². The minimum atomic E-state index is -4.53. The fourth-order valence-electron chi connectivity index (χ4n) is 2.10. The van der Waals surface area contributed by atoms with E-state index in [1.807, 2.05) is 0 Å². The Kier molecular flexibility index (Phi) is 5.76. The van der Waals surface area contributed by atoms with Crippen LogP contribution in [0.4, 0.5) is 22.7 Å². The number of amides is 1. The second-order valence-electron chi connectivity index (χ2n) is 5.32. The highest BCUT2D eigenvalue weighted by Gasteiger charge is 2.31. The Morgan fingerprint density at radius 1 is 1.11 bits per heavy atom. The Balaban J connectivity index is 1.63. The van der Waals surface area contributed by atoms with Crippen molar-refractivity contribution >= 4 is 34.1 Å². The monoisotopic (exact) mass is 413 g/mol. The number of hydrogen-bond acceptors (Lipinski definition) is 5. The zero-order valence-electron chi connectivity index (χ0n) is 13.5. The number of halogens is 4. The molecule has 0 saturated heterocycles. The van der Waals surface area contributed by atoms with E-state index >= 15 is 0 Å². The molecule has 0 unspecified atom stereocenters. The molecule has 0 radical (unpaired) electrons. The molecule has 3 rings (SSSR count). The van der Waals surface area contributed by atoms with E-state index in [4.69, 9.17) is 0 Å². The van der Waals surface area contributed by atoms with Crippen molar-refractivity contribution in [3.63, 3.8) is 0 Å². The van der Waals surface area contributed by atoms with Crippen LogP contribution in [0.15, 0.2) is 52.9 Å². The van der Waals surface area contributed by atoms with E-state index in [2.05, 4.69) is 15.5 Å². The third-order valence-corrected chi connectivity index (χ3v) is 5.37. The lowest BCUT2D eigenvalue weighted by atomic mass is 10.1. The molecule has 0 aliphatic heterocycles. The number of carbonyl (C=O) groups excluding carboxylic acids is 1. The first-order valence-corrected chi connectivity index (χ1v) is 9.31. The topological polar surface area (TPSA) is 54.9 Å². The van der Waals surface area contributed by atoms with Crippen LogP contribution in [0.25, 0.3) is 0 Å². The summed E-state index contributed by atoms with van der Waals surface area (Å²) in [5.74, 6) is -0.577. The van der Waals surface area contributed by atoms with Gasteiger partial charge >= 0.3 is 6.18 Å². The first-order chi connectivity index (χ1) is 12.8. The van der Waals surface area contributed by atoms with Crippen LogP contribution in [0.1, 0.15) is 21.5 Å². The lowest BCUT2D eigenvalue weighted by Crippen LogP contribution is -2.13. The maximum atomic E-state index is 13.2. The van der Waals surface area contributed by atoms with Crippen LogP contribution in [-0.2, 0) is 11.9 Å². The van der Waals surface area contributed by atoms with Crippen molar-refractivity contribution in [1.29, 1.82) is 0 Å². The Morgan fingerprint density at radius 2 is 1.89 bits per heavy atom. The normalized spacial score (nSPS) is 11.4. The minimum Gasteiger partial charge on any atom is -0.296 e. The third-order valence-electron chi connectivity index (χ3n) is 3.33. The summed E-state index contributed by atoms with van der Waals surface area (Å²) in [6, 6.07) is 10.2. The van der Waals surface area contributed by atoms with Gasteiger partial charge in [0.15, 0.2) is 4.34 Å². The SMILES string of the molecule is O=C(Nc1nnc(SCc2cccc(F)c2)s1)c1cccc(C(F)(F)F)c1. The van der Waals surface area contributed by atoms with Gasteiger partial charge in [-0.05, 0) is 35.9 Å². The number of carbonyl (C=O) groups is 1. The summed E-state index contributed by atoms with van der Waals surface area (Å²) in [5, 5.41) is 10.3. The highest BCUT2D eigenvalue weighted by molar-refractivity contribution is 8.00. The Morgan fingerprint density at radius 3 is 2.63 bits per heavy atom. The molecule has 4 nitrogen and oxygen atoms in total. The van der Waals surface area contributed by atoms with Gasteiger partial charge in [0.25, 0.3) is 5.91 Å². The van der Waals surface area contributed by atoms with Gasteiger partial charge in [0.2, 0.25) is 5.13 Å². The van der Waals surface area contributed by atoms with E-state index < -0.39 is 17.6 Å². The number of benzene rings is 2. The molecule has 27 heavy (non-hydrogen) atoms. The largest absolute Gasteiger partial charge is 0.416 e. The number of anilines is 1. The molecule has 1 N–H and O–H groups in total. The van der Waals surface area contributed by atoms with E-state index in [9.17, 15) is 22.4 Å². The van der Waals surface area contributed by atoms with Crippen LogP contribution in [0.2, 0.25) is 0 Å². The minimum absolute atomic E-state index is 0.131. The fourth-order valence-corrected chi connectivity index (χ4v) is 3.79. The van der Waals surface area contributed by atoms with E-state index in [1.165, 1.54) is 30.0 Å². The molecule has 0 aliphatic carbocycles. The molecular formula is C17H11F4N3OS2. The number of alkyl halides is 3. The lowest BCUT2D eigenvalue weighted by molar-refractivity contribution is -0.137. The van der Waals surface area contributed by atoms with Crippen molar-refractivity contribution in [2.45, 2.75) is 16.3 Å². The summed E-state index contributed by atoms with van der Waals surface area (Å²) in [7, 11) is 0. The van der Waals surface area contributed by atoms with Gasteiger partial charge in [-0.15, -0.1) is 10.2 Å². The predicted octanol–water partition coefficient (Wildman–Crippen LogP) is 5.24. The van der Waals surface area contributed by atoms with Gasteiger partial charge in [-0.3, -0.25) is 10.1 Å². The molecule has 1 amide bonds. The van der Waals surface area contributed by atoms with Crippen molar-refractivity contribution in [2.75, 3.05) is 5.32 Å². The first kappa shape index (κ1) is 19.3. The van der Waals surface area contributed by atoms with Crippen LogP contribution in [-0.4, -0.2) is 16.1 Å². The zero-order chi connectivity index (χ0) is 19.4. The summed E-state index contributed by atoms with van der Waals surface area (Å²) < 4.78 is 51.9. The molecule has 0 aliphatic rings. The van der Waals surface area contributed by atoms with Crippen molar-refractivity contribution in [3.8, 4) is 0 Å². The number of aromatic nitrogens is 2. The van der Waals surface area contributed by atoms with Crippen molar-refractivity contribution in [1.82, 2.24) is 10.2 Å². The second-order valence-corrected chi connectivity index (χ2v) is 7.52. The standard InChI is InChI=1S/C17H11F4N3OS2/c18-13-6-1-3-10(7-13)9-26-16-24-23-15(27-16)22-14(25)11-4-2-5-12(8-11)17(19,20)21/h1-8H,9H2,(H,22,23,25). The first-order valence-electron chi connectivity index (χ1n) is 7.50. The lowest BCUT2D eigenvalue weighted by Gasteiger charge is -2.08. The summed E-state index contributed by atoms with van der Waals surface area (Å²) in [6.45, 7) is 0. The highest BCUT2D eigenvalue weighted by Crippen LogP contribution is 2.31. The number of hydrogen-bond donors (Lipinski definition) is 1. The van der Waals surface area contributed by atoms with Crippen LogP contribution in [0, 0.1) is 5.82 Å². The molecule has 0 saturated carbocycles. The van der Waals surface area contributed by atoms with Crippen molar-refractivity contribution in [3.05, 3.63) is 71.0 Å². The maximum absolute atomic E-state index is 13.2. The van der Waals surface area contributed by atoms with E-state index in [0.717, 1.165) is 35.1 Å². The van der Waals surface area contributed by atoms with Crippen molar-refractivity contribution in [2.24, 2.45) is 0 Å². The third kappa shape index (κ3) is 5.27. The smallest absolute Gasteiger partial charge is 0.296 e. The average Bonchev–Trinajstić information content (AvgIpc) is 3.07. The van der Waals surface area contributed by atoms with Crippen LogP contribution in [0.5, 0.6) is 0 Å². The second kappa shape index (κ2) is 8.05. The predicted molar refractivity (Wildman–Crippen MR) is 95.3 cm³/mol. The van der Waals surface area contributed by atoms with E-state index in [-0.39, 0.29) is 16.5 Å². The summed E-state index contributed by atoms with van der Waals surface area (Å²) in [5.41, 5.74) is -0.266. The summed E-state index contributed by atoms with van der Waals surface area (Å²) in [4.78, 5) is 12.1. The van der Waals surface area contributed by atoms with Crippen molar-refractivity contribution < 1.29 is 22.4 Å². The molecule has 0 atom stereocenters. The van der Waals surface area contributed by atoms with Gasteiger partial charge in [-0.25, -0.2) is 4.39 Å². The Hall–Kier alpha value is -2.46. The molecule has 140 valence electrons. The molecule has 0 bridgehead atoms. The van der Waals surface area contributed by atoms with E-state index in [1.54, 1.807) is 12.1 Å². The molecule has 1 heterocycles. The molecule has 3 aromatic rings. The number of rotatable bonds is 5. The van der Waals surface area contributed by atoms with Gasteiger partial charge in [0, 0.05) is 11.3 Å². The Labute approximate surface area is 159 Å². The molecule has 0 fully saturated rings. The maximum Gasteiger partial charge on any atom is 0.416 e. The van der Waals surface area contributed by atoms with E-state index in [0.29, 0.717) is 10.1 Å². The molecular weight excluding hydrogens is 402 g/mol. The molecule has 1 aromatic heterocycles. The van der Waals surface area contributed by atoms with Gasteiger partial charge in [-0.2, -0.15) is 13.2 Å².